The number of carboxylic acids is 1. The van der Waals surface area contributed by atoms with Gasteiger partial charge in [-0.2, -0.15) is 0 Å². The lowest BCUT2D eigenvalue weighted by molar-refractivity contribution is -0.135. The number of likely N-dealkylation sites (N-methyl/N-ethyl adjacent to an activating group) is 1. The summed E-state index contributed by atoms with van der Waals surface area (Å²) in [5, 5.41) is 8.80. The quantitative estimate of drug-likeness (QED) is 0.871. The van der Waals surface area contributed by atoms with Gasteiger partial charge in [-0.15, -0.1) is 0 Å². The van der Waals surface area contributed by atoms with Crippen LogP contribution in [0.2, 0.25) is 0 Å². The zero-order valence-electron chi connectivity index (χ0n) is 13.6. The number of ether oxygens (including phenoxy) is 1. The highest BCUT2D eigenvalue weighted by molar-refractivity contribution is 5.72. The van der Waals surface area contributed by atoms with Crippen LogP contribution in [0.4, 0.5) is 5.95 Å². The molecule has 1 spiro atoms. The maximum Gasteiger partial charge on any atom is 0.323 e. The van der Waals surface area contributed by atoms with Crippen LogP contribution in [0, 0.1) is 0 Å². The Kier molecular flexibility index (Phi) is 4.77. The van der Waals surface area contributed by atoms with Crippen LogP contribution in [0.25, 0.3) is 0 Å². The molecule has 1 N–H and O–H groups in total. The van der Waals surface area contributed by atoms with E-state index in [0.29, 0.717) is 5.95 Å². The molecule has 2 heterocycles. The zero-order valence-corrected chi connectivity index (χ0v) is 13.6. The van der Waals surface area contributed by atoms with Crippen molar-refractivity contribution in [1.82, 2.24) is 14.9 Å². The van der Waals surface area contributed by atoms with E-state index in [-0.39, 0.29) is 12.1 Å². The second-order valence-electron chi connectivity index (χ2n) is 6.59. The minimum Gasteiger partial charge on any atom is -0.480 e. The smallest absolute Gasteiger partial charge is 0.323 e. The summed E-state index contributed by atoms with van der Waals surface area (Å²) in [6.45, 7) is 3.41. The summed E-state index contributed by atoms with van der Waals surface area (Å²) in [4.78, 5) is 23.2. The maximum atomic E-state index is 10.7. The van der Waals surface area contributed by atoms with E-state index >= 15 is 0 Å². The van der Waals surface area contributed by atoms with E-state index in [2.05, 4.69) is 14.9 Å². The second-order valence-corrected chi connectivity index (χ2v) is 6.59. The van der Waals surface area contributed by atoms with Crippen molar-refractivity contribution >= 4 is 11.9 Å². The van der Waals surface area contributed by atoms with Crippen LogP contribution in [0.15, 0.2) is 12.4 Å². The molecule has 23 heavy (non-hydrogen) atoms. The fraction of sp³-hybridized carbons (Fsp3) is 0.688. The molecule has 1 saturated carbocycles. The van der Waals surface area contributed by atoms with Crippen LogP contribution in [0.5, 0.6) is 0 Å². The van der Waals surface area contributed by atoms with Crippen molar-refractivity contribution < 1.29 is 14.6 Å². The summed E-state index contributed by atoms with van der Waals surface area (Å²) in [6, 6.07) is 0. The molecule has 1 aliphatic heterocycles. The van der Waals surface area contributed by atoms with Gasteiger partial charge in [0.25, 0.3) is 0 Å². The minimum absolute atomic E-state index is 0.0702. The second kappa shape index (κ2) is 6.80. The van der Waals surface area contributed by atoms with Gasteiger partial charge in [0.15, 0.2) is 0 Å². The molecule has 126 valence electrons. The number of morpholine rings is 1. The minimum atomic E-state index is -0.893. The highest BCUT2D eigenvalue weighted by atomic mass is 16.5. The van der Waals surface area contributed by atoms with Crippen molar-refractivity contribution in [2.75, 3.05) is 38.2 Å². The Labute approximate surface area is 136 Å². The van der Waals surface area contributed by atoms with Gasteiger partial charge in [-0.1, -0.05) is 12.8 Å². The van der Waals surface area contributed by atoms with Crippen LogP contribution < -0.4 is 4.90 Å². The van der Waals surface area contributed by atoms with E-state index < -0.39 is 5.97 Å². The number of aliphatic carboxylic acids is 1. The molecule has 1 aromatic heterocycles. The Morgan fingerprint density at radius 2 is 2.09 bits per heavy atom. The Balaban J connectivity index is 1.58. The Bertz CT molecular complexity index is 543. The van der Waals surface area contributed by atoms with Gasteiger partial charge in [-0.25, -0.2) is 9.97 Å². The Morgan fingerprint density at radius 3 is 2.74 bits per heavy atom. The number of aromatic nitrogens is 2. The topological polar surface area (TPSA) is 78.8 Å². The number of carbonyl (C=O) groups is 1. The Hall–Kier alpha value is -1.73. The standard InChI is InChI=1S/C16H24N4O3/c1-19(11-14(21)22)15-17-8-13(9-18-15)10-20-6-7-23-16(12-20)4-2-3-5-16/h8-9H,2-7,10-12H2,1H3,(H,21,22). The molecule has 7 heteroatoms. The van der Waals surface area contributed by atoms with Gasteiger partial charge >= 0.3 is 5.97 Å². The van der Waals surface area contributed by atoms with Gasteiger partial charge in [0.1, 0.15) is 6.54 Å². The summed E-state index contributed by atoms with van der Waals surface area (Å²) in [6.07, 6.45) is 8.44. The number of hydrogen-bond donors (Lipinski definition) is 1. The van der Waals surface area contributed by atoms with Crippen LogP contribution in [0.3, 0.4) is 0 Å². The van der Waals surface area contributed by atoms with E-state index in [1.807, 2.05) is 0 Å². The molecule has 0 unspecified atom stereocenters. The van der Waals surface area contributed by atoms with Gasteiger partial charge in [0, 0.05) is 44.6 Å². The van der Waals surface area contributed by atoms with E-state index in [1.54, 1.807) is 19.4 Å². The van der Waals surface area contributed by atoms with Gasteiger partial charge in [-0.05, 0) is 12.8 Å². The molecule has 0 bridgehead atoms. The van der Waals surface area contributed by atoms with Gasteiger partial charge in [0.2, 0.25) is 5.95 Å². The van der Waals surface area contributed by atoms with Gasteiger partial charge in [0.05, 0.1) is 12.2 Å². The highest BCUT2D eigenvalue weighted by Crippen LogP contribution is 2.36. The first-order valence-corrected chi connectivity index (χ1v) is 8.16. The molecule has 0 aromatic carbocycles. The van der Waals surface area contributed by atoms with Crippen molar-refractivity contribution in [3.63, 3.8) is 0 Å². The molecule has 1 aliphatic carbocycles. The third kappa shape index (κ3) is 3.97. The van der Waals surface area contributed by atoms with E-state index in [1.165, 1.54) is 30.6 Å². The fourth-order valence-corrected chi connectivity index (χ4v) is 3.54. The van der Waals surface area contributed by atoms with Crippen molar-refractivity contribution in [2.24, 2.45) is 0 Å². The number of nitrogens with zero attached hydrogens (tertiary/aromatic N) is 4. The fourth-order valence-electron chi connectivity index (χ4n) is 3.54. The van der Waals surface area contributed by atoms with Crippen molar-refractivity contribution in [3.05, 3.63) is 18.0 Å². The summed E-state index contributed by atoms with van der Waals surface area (Å²) in [5.74, 6) is -0.458. The largest absolute Gasteiger partial charge is 0.480 e. The van der Waals surface area contributed by atoms with Crippen molar-refractivity contribution in [3.8, 4) is 0 Å². The molecule has 7 nitrogen and oxygen atoms in total. The molecule has 2 fully saturated rings. The molecule has 0 amide bonds. The third-order valence-electron chi connectivity index (χ3n) is 4.65. The van der Waals surface area contributed by atoms with Crippen LogP contribution in [-0.4, -0.2) is 64.8 Å². The molecule has 2 aliphatic rings. The summed E-state index contributed by atoms with van der Waals surface area (Å²) in [7, 11) is 1.68. The molecular weight excluding hydrogens is 296 g/mol. The molecule has 0 radical (unpaired) electrons. The Morgan fingerprint density at radius 1 is 1.39 bits per heavy atom. The van der Waals surface area contributed by atoms with E-state index in [9.17, 15) is 4.79 Å². The number of rotatable bonds is 5. The maximum absolute atomic E-state index is 10.7. The lowest BCUT2D eigenvalue weighted by atomic mass is 9.99. The van der Waals surface area contributed by atoms with Crippen molar-refractivity contribution in [1.29, 1.82) is 0 Å². The zero-order chi connectivity index (χ0) is 16.3. The summed E-state index contributed by atoms with van der Waals surface area (Å²) >= 11 is 0. The monoisotopic (exact) mass is 320 g/mol. The molecule has 0 atom stereocenters. The number of carboxylic acid groups (broad SMARTS) is 1. The average Bonchev–Trinajstić information content (AvgIpc) is 2.95. The average molecular weight is 320 g/mol. The third-order valence-corrected chi connectivity index (χ3v) is 4.65. The SMILES string of the molecule is CN(CC(=O)O)c1ncc(CN2CCOC3(CCCC3)C2)cn1. The first-order valence-electron chi connectivity index (χ1n) is 8.16. The van der Waals surface area contributed by atoms with Gasteiger partial charge in [-0.3, -0.25) is 9.69 Å². The molecular formula is C16H24N4O3. The number of anilines is 1. The normalized spacial score (nSPS) is 20.7. The summed E-state index contributed by atoms with van der Waals surface area (Å²) < 4.78 is 6.05. The molecule has 1 saturated heterocycles. The predicted molar refractivity (Wildman–Crippen MR) is 85.4 cm³/mol. The highest BCUT2D eigenvalue weighted by Gasteiger charge is 2.39. The predicted octanol–water partition coefficient (Wildman–Crippen LogP) is 1.14. The molecule has 1 aromatic rings. The lowest BCUT2D eigenvalue weighted by Gasteiger charge is -2.40. The van der Waals surface area contributed by atoms with Gasteiger partial charge < -0.3 is 14.7 Å². The van der Waals surface area contributed by atoms with E-state index in [0.717, 1.165) is 31.8 Å². The first kappa shape index (κ1) is 16.1. The number of hydrogen-bond acceptors (Lipinski definition) is 6. The van der Waals surface area contributed by atoms with Crippen LogP contribution >= 0.6 is 0 Å². The molecule has 3 rings (SSSR count). The van der Waals surface area contributed by atoms with Crippen molar-refractivity contribution in [2.45, 2.75) is 37.8 Å². The van der Waals surface area contributed by atoms with Crippen LogP contribution in [-0.2, 0) is 16.1 Å². The van der Waals surface area contributed by atoms with Crippen LogP contribution in [0.1, 0.15) is 31.2 Å². The summed E-state index contributed by atoms with van der Waals surface area (Å²) in [5.41, 5.74) is 1.12. The lowest BCUT2D eigenvalue weighted by Crippen LogP contribution is -2.49. The first-order chi connectivity index (χ1) is 11.1. The van der Waals surface area contributed by atoms with E-state index in [4.69, 9.17) is 9.84 Å².